The van der Waals surface area contributed by atoms with Crippen molar-refractivity contribution in [1.82, 2.24) is 4.90 Å². The Morgan fingerprint density at radius 2 is 1.85 bits per heavy atom. The normalized spacial score (nSPS) is 20.0. The number of hydrogen-bond donors (Lipinski definition) is 0. The van der Waals surface area contributed by atoms with E-state index in [0.717, 1.165) is 22.2 Å². The van der Waals surface area contributed by atoms with Crippen molar-refractivity contribution in [3.05, 3.63) is 76.3 Å². The first-order valence-electron chi connectivity index (χ1n) is 8.61. The smallest absolute Gasteiger partial charge is 0.229 e. The number of anilines is 1. The molecular weight excluding hydrogens is 342 g/mol. The third-order valence-corrected chi connectivity index (χ3v) is 6.05. The van der Waals surface area contributed by atoms with Gasteiger partial charge in [-0.3, -0.25) is 9.69 Å². The summed E-state index contributed by atoms with van der Waals surface area (Å²) in [4.78, 5) is 16.8. The SMILES string of the molecule is Cc1ccc(N2CSC3=C(C#N)[C@@H](c4ccccc4)CC(=O)N3C2)cc1. The van der Waals surface area contributed by atoms with Crippen LogP contribution in [0, 0.1) is 18.3 Å². The molecule has 2 aliphatic heterocycles. The van der Waals surface area contributed by atoms with Gasteiger partial charge in [0.15, 0.2) is 0 Å². The van der Waals surface area contributed by atoms with E-state index in [-0.39, 0.29) is 11.8 Å². The fourth-order valence-corrected chi connectivity index (χ4v) is 4.62. The fraction of sp³-hybridized carbons (Fsp3) is 0.238. The number of nitriles is 1. The van der Waals surface area contributed by atoms with Crippen LogP contribution in [0.3, 0.4) is 0 Å². The van der Waals surface area contributed by atoms with E-state index in [2.05, 4.69) is 42.2 Å². The lowest BCUT2D eigenvalue weighted by Crippen LogP contribution is -2.47. The van der Waals surface area contributed by atoms with Gasteiger partial charge in [0.2, 0.25) is 5.91 Å². The zero-order valence-electron chi connectivity index (χ0n) is 14.6. The standard InChI is InChI=1S/C21H19N3OS/c1-15-7-9-17(10-8-15)23-13-24-20(25)11-18(16-5-3-2-4-6-16)19(12-22)21(24)26-14-23/h2-10,18H,11,13-14H2,1H3/t18-/m1/s1. The van der Waals surface area contributed by atoms with Crippen LogP contribution < -0.4 is 4.90 Å². The maximum atomic E-state index is 12.8. The Labute approximate surface area is 157 Å². The topological polar surface area (TPSA) is 47.3 Å². The van der Waals surface area contributed by atoms with E-state index in [4.69, 9.17) is 0 Å². The zero-order chi connectivity index (χ0) is 18.1. The summed E-state index contributed by atoms with van der Waals surface area (Å²) in [6, 6.07) is 20.6. The maximum absolute atomic E-state index is 12.8. The molecule has 1 amide bonds. The van der Waals surface area contributed by atoms with Gasteiger partial charge in [0.05, 0.1) is 29.2 Å². The lowest BCUT2D eigenvalue weighted by Gasteiger charge is -2.42. The van der Waals surface area contributed by atoms with Gasteiger partial charge in [-0.2, -0.15) is 5.26 Å². The van der Waals surface area contributed by atoms with Crippen LogP contribution in [0.5, 0.6) is 0 Å². The monoisotopic (exact) mass is 361 g/mol. The van der Waals surface area contributed by atoms with Crippen molar-refractivity contribution in [1.29, 1.82) is 5.26 Å². The van der Waals surface area contributed by atoms with Crippen molar-refractivity contribution in [3.63, 3.8) is 0 Å². The number of nitrogens with zero attached hydrogens (tertiary/aromatic N) is 3. The average Bonchev–Trinajstić information content (AvgIpc) is 2.69. The van der Waals surface area contributed by atoms with Crippen molar-refractivity contribution in [3.8, 4) is 6.07 Å². The number of carbonyl (C=O) groups excluding carboxylic acids is 1. The van der Waals surface area contributed by atoms with Crippen molar-refractivity contribution in [2.75, 3.05) is 17.4 Å². The van der Waals surface area contributed by atoms with Gasteiger partial charge in [-0.1, -0.05) is 59.8 Å². The maximum Gasteiger partial charge on any atom is 0.229 e. The van der Waals surface area contributed by atoms with E-state index in [1.807, 2.05) is 30.3 Å². The summed E-state index contributed by atoms with van der Waals surface area (Å²) < 4.78 is 0. The number of allylic oxidation sites excluding steroid dienone is 1. The summed E-state index contributed by atoms with van der Waals surface area (Å²) in [6.45, 7) is 2.56. The Morgan fingerprint density at radius 1 is 1.12 bits per heavy atom. The second-order valence-corrected chi connectivity index (χ2v) is 7.54. The number of rotatable bonds is 2. The Morgan fingerprint density at radius 3 is 2.54 bits per heavy atom. The van der Waals surface area contributed by atoms with E-state index >= 15 is 0 Å². The Hall–Kier alpha value is -2.71. The predicted molar refractivity (Wildman–Crippen MR) is 104 cm³/mol. The molecule has 4 rings (SSSR count). The third-order valence-electron chi connectivity index (χ3n) is 4.89. The van der Waals surface area contributed by atoms with E-state index in [0.29, 0.717) is 18.7 Å². The lowest BCUT2D eigenvalue weighted by atomic mass is 9.86. The van der Waals surface area contributed by atoms with Crippen LogP contribution in [0.2, 0.25) is 0 Å². The number of aryl methyl sites for hydroxylation is 1. The molecule has 0 unspecified atom stereocenters. The van der Waals surface area contributed by atoms with Crippen molar-refractivity contribution in [2.24, 2.45) is 0 Å². The molecular formula is C21H19N3OS. The van der Waals surface area contributed by atoms with Crippen molar-refractivity contribution >= 4 is 23.4 Å². The summed E-state index contributed by atoms with van der Waals surface area (Å²) in [5, 5.41) is 10.6. The van der Waals surface area contributed by atoms with Crippen LogP contribution in [-0.2, 0) is 4.79 Å². The van der Waals surface area contributed by atoms with Gasteiger partial charge in [0, 0.05) is 18.0 Å². The van der Waals surface area contributed by atoms with Gasteiger partial charge in [-0.15, -0.1) is 0 Å². The molecule has 0 N–H and O–H groups in total. The van der Waals surface area contributed by atoms with Gasteiger partial charge in [-0.05, 0) is 24.6 Å². The molecule has 0 aliphatic carbocycles. The van der Waals surface area contributed by atoms with Crippen molar-refractivity contribution in [2.45, 2.75) is 19.3 Å². The van der Waals surface area contributed by atoms with Crippen molar-refractivity contribution < 1.29 is 4.79 Å². The summed E-state index contributed by atoms with van der Waals surface area (Å²) in [6.07, 6.45) is 0.346. The first kappa shape index (κ1) is 16.7. The Kier molecular flexibility index (Phi) is 4.44. The average molecular weight is 361 g/mol. The summed E-state index contributed by atoms with van der Waals surface area (Å²) in [7, 11) is 0. The summed E-state index contributed by atoms with van der Waals surface area (Å²) >= 11 is 1.58. The molecule has 2 aromatic rings. The first-order chi connectivity index (χ1) is 12.7. The predicted octanol–water partition coefficient (Wildman–Crippen LogP) is 4.21. The van der Waals surface area contributed by atoms with Crippen LogP contribution in [0.4, 0.5) is 5.69 Å². The molecule has 4 nitrogen and oxygen atoms in total. The first-order valence-corrected chi connectivity index (χ1v) is 9.60. The number of fused-ring (bicyclic) bond motifs is 1. The number of hydrogen-bond acceptors (Lipinski definition) is 4. The van der Waals surface area contributed by atoms with E-state index in [1.165, 1.54) is 5.56 Å². The highest BCUT2D eigenvalue weighted by Crippen LogP contribution is 2.43. The second-order valence-electron chi connectivity index (χ2n) is 6.61. The molecule has 0 saturated carbocycles. The van der Waals surface area contributed by atoms with Gasteiger partial charge >= 0.3 is 0 Å². The molecule has 1 fully saturated rings. The molecule has 1 atom stereocenters. The van der Waals surface area contributed by atoms with Gasteiger partial charge in [0.1, 0.15) is 0 Å². The lowest BCUT2D eigenvalue weighted by molar-refractivity contribution is -0.129. The minimum Gasteiger partial charge on any atom is -0.344 e. The number of amides is 1. The molecule has 0 aromatic heterocycles. The zero-order valence-corrected chi connectivity index (χ0v) is 15.4. The van der Waals surface area contributed by atoms with Crippen LogP contribution in [0.15, 0.2) is 65.2 Å². The fourth-order valence-electron chi connectivity index (χ4n) is 3.45. The molecule has 0 bridgehead atoms. The highest BCUT2D eigenvalue weighted by atomic mass is 32.2. The minimum atomic E-state index is -0.140. The van der Waals surface area contributed by atoms with Crippen LogP contribution >= 0.6 is 11.8 Å². The minimum absolute atomic E-state index is 0.0807. The summed E-state index contributed by atoms with van der Waals surface area (Å²) in [5.41, 5.74) is 4.06. The second kappa shape index (κ2) is 6.89. The Bertz CT molecular complexity index is 899. The number of carbonyl (C=O) groups is 1. The molecule has 2 heterocycles. The van der Waals surface area contributed by atoms with Crippen LogP contribution in [0.25, 0.3) is 0 Å². The highest BCUT2D eigenvalue weighted by molar-refractivity contribution is 8.03. The van der Waals surface area contributed by atoms with Gasteiger partial charge in [-0.25, -0.2) is 0 Å². The quantitative estimate of drug-likeness (QED) is 0.804. The molecule has 0 spiro atoms. The number of thioether (sulfide) groups is 1. The third kappa shape index (κ3) is 2.97. The largest absolute Gasteiger partial charge is 0.344 e. The highest BCUT2D eigenvalue weighted by Gasteiger charge is 2.38. The van der Waals surface area contributed by atoms with E-state index < -0.39 is 0 Å². The number of benzene rings is 2. The molecule has 2 aliphatic rings. The molecule has 2 aromatic carbocycles. The van der Waals surface area contributed by atoms with Gasteiger partial charge in [0.25, 0.3) is 0 Å². The molecule has 0 radical (unpaired) electrons. The Balaban J connectivity index is 1.66. The molecule has 26 heavy (non-hydrogen) atoms. The van der Waals surface area contributed by atoms with Crippen LogP contribution in [0.1, 0.15) is 23.5 Å². The molecule has 5 heteroatoms. The van der Waals surface area contributed by atoms with Gasteiger partial charge < -0.3 is 4.90 Å². The van der Waals surface area contributed by atoms with Crippen LogP contribution in [-0.4, -0.2) is 23.4 Å². The summed E-state index contributed by atoms with van der Waals surface area (Å²) in [5.74, 6) is 0.671. The van der Waals surface area contributed by atoms with E-state index in [9.17, 15) is 10.1 Å². The molecule has 130 valence electrons. The van der Waals surface area contributed by atoms with E-state index in [1.54, 1.807) is 16.7 Å². The molecule has 1 saturated heterocycles.